The van der Waals surface area contributed by atoms with Crippen molar-refractivity contribution in [1.82, 2.24) is 40.4 Å². The molecule has 6 atom stereocenters. The molecule has 3 fully saturated rings. The van der Waals surface area contributed by atoms with Gasteiger partial charge in [0.15, 0.2) is 0 Å². The normalized spacial score (nSPS) is 21.4. The molecule has 2 saturated heterocycles. The van der Waals surface area contributed by atoms with Gasteiger partial charge >= 0.3 is 12.2 Å². The highest BCUT2D eigenvalue weighted by Gasteiger charge is 2.42. The number of aromatic amines is 2. The summed E-state index contributed by atoms with van der Waals surface area (Å²) < 4.78 is 9.66. The molecule has 4 N–H and O–H groups in total. The maximum absolute atomic E-state index is 13.9. The standard InChI is InChI=1S/C51H62N8O6/c1-28(2)44(56-50(62)64-5)48(60)58-23-9-7-11-41(58)46-52-27-40(55-46)31-15-13-30(14-16-31)35-21-20-34(37-25-32-17-19-36(32)43(35)37)33-18-22-38-39(26-33)54-47(53-38)42-12-8-10-24-59(42)49(61)45(29(3)4)57-51(63)65-6/h13-16,18,20-22,26-29,32,36,41-42,44-45H,7-12,17,19,23-25H2,1-6H3,(H,52,55)(H,53,54)(H,56,62)(H,57,63)/t32?,36?,41-,42-,44-,45?/m0/s1. The number of carbonyl (C=O) groups is 4. The lowest BCUT2D eigenvalue weighted by Crippen LogP contribution is -2.53. The van der Waals surface area contributed by atoms with Gasteiger partial charge in [-0.2, -0.15) is 0 Å². The van der Waals surface area contributed by atoms with Gasteiger partial charge in [0.2, 0.25) is 11.8 Å². The van der Waals surface area contributed by atoms with Crippen molar-refractivity contribution in [2.75, 3.05) is 27.3 Å². The van der Waals surface area contributed by atoms with Crippen LogP contribution in [-0.2, 0) is 25.5 Å². The topological polar surface area (TPSA) is 175 Å². The Labute approximate surface area is 380 Å². The molecule has 4 amide bonds. The zero-order valence-electron chi connectivity index (χ0n) is 38.4. The highest BCUT2D eigenvalue weighted by Crippen LogP contribution is 2.56. The maximum atomic E-state index is 13.9. The van der Waals surface area contributed by atoms with Crippen LogP contribution in [0.15, 0.2) is 60.8 Å². The number of nitrogens with one attached hydrogen (secondary N) is 4. The van der Waals surface area contributed by atoms with Gasteiger partial charge < -0.3 is 39.9 Å². The number of methoxy groups -OCH3 is 2. The molecule has 4 heterocycles. The average molecular weight is 883 g/mol. The number of H-pyrrole nitrogens is 2. The number of fused-ring (bicyclic) bond motifs is 4. The molecule has 2 aliphatic heterocycles. The summed E-state index contributed by atoms with van der Waals surface area (Å²) in [5.74, 6) is 2.29. The molecule has 0 spiro atoms. The molecule has 3 aromatic carbocycles. The number of imidazole rings is 2. The van der Waals surface area contributed by atoms with Gasteiger partial charge in [0.25, 0.3) is 0 Å². The van der Waals surface area contributed by atoms with Gasteiger partial charge in [0, 0.05) is 13.1 Å². The Morgan fingerprint density at radius 3 is 1.85 bits per heavy atom. The lowest BCUT2D eigenvalue weighted by atomic mass is 9.73. The zero-order valence-corrected chi connectivity index (χ0v) is 38.4. The first-order valence-electron chi connectivity index (χ1n) is 23.6. The number of likely N-dealkylation sites (tertiary alicyclic amines) is 2. The number of ether oxygens (including phenoxy) is 2. The van der Waals surface area contributed by atoms with Crippen molar-refractivity contribution >= 4 is 35.0 Å². The summed E-state index contributed by atoms with van der Waals surface area (Å²) >= 11 is 0. The predicted molar refractivity (Wildman–Crippen MR) is 249 cm³/mol. The minimum atomic E-state index is -0.692. The second-order valence-electron chi connectivity index (χ2n) is 19.1. The van der Waals surface area contributed by atoms with Crippen LogP contribution in [0, 0.1) is 17.8 Å². The largest absolute Gasteiger partial charge is 0.453 e. The first-order chi connectivity index (χ1) is 31.4. The summed E-state index contributed by atoms with van der Waals surface area (Å²) in [6, 6.07) is 18.0. The van der Waals surface area contributed by atoms with E-state index in [1.165, 1.54) is 54.9 Å². The molecule has 65 heavy (non-hydrogen) atoms. The molecule has 4 aliphatic rings. The number of carbonyl (C=O) groups excluding carboxylic acids is 4. The third kappa shape index (κ3) is 8.47. The number of rotatable bonds is 11. The minimum absolute atomic E-state index is 0.106. The Hall–Kier alpha value is -6.18. The smallest absolute Gasteiger partial charge is 0.407 e. The fraction of sp³-hybridized carbons (Fsp3) is 0.490. The van der Waals surface area contributed by atoms with Crippen molar-refractivity contribution in [2.24, 2.45) is 17.8 Å². The first kappa shape index (κ1) is 44.0. The van der Waals surface area contributed by atoms with E-state index in [0.717, 1.165) is 84.4 Å². The highest BCUT2D eigenvalue weighted by atomic mass is 16.5. The van der Waals surface area contributed by atoms with E-state index in [-0.39, 0.29) is 35.7 Å². The monoisotopic (exact) mass is 882 g/mol. The predicted octanol–water partition coefficient (Wildman–Crippen LogP) is 9.21. The summed E-state index contributed by atoms with van der Waals surface area (Å²) in [5.41, 5.74) is 11.5. The van der Waals surface area contributed by atoms with Crippen LogP contribution < -0.4 is 10.6 Å². The van der Waals surface area contributed by atoms with E-state index in [1.54, 1.807) is 0 Å². The SMILES string of the molecule is COC(=O)NC(C(=O)N1CCCC[C@H]1c1nc2ccc(-c3ccc(-c4ccc(-c5cnc([C@@H]6CCCCN6C(=O)[C@@H](NC(=O)OC)C(C)C)[nH]5)cc4)c4c3CC3CCC43)cc2[nH]1)C(C)C. The maximum Gasteiger partial charge on any atom is 0.407 e. The van der Waals surface area contributed by atoms with Crippen LogP contribution in [0.25, 0.3) is 44.5 Å². The van der Waals surface area contributed by atoms with Crippen molar-refractivity contribution in [3.8, 4) is 33.5 Å². The van der Waals surface area contributed by atoms with E-state index in [1.807, 2.05) is 43.7 Å². The number of aromatic nitrogens is 4. The van der Waals surface area contributed by atoms with Crippen molar-refractivity contribution in [3.63, 3.8) is 0 Å². The molecule has 342 valence electrons. The minimum Gasteiger partial charge on any atom is -0.453 e. The van der Waals surface area contributed by atoms with Gasteiger partial charge in [-0.3, -0.25) is 9.59 Å². The number of piperidine rings is 2. The number of hydrogen-bond donors (Lipinski definition) is 4. The average Bonchev–Trinajstić information content (AvgIpc) is 4.05. The van der Waals surface area contributed by atoms with Crippen LogP contribution >= 0.6 is 0 Å². The van der Waals surface area contributed by atoms with Gasteiger partial charge in [0.05, 0.1) is 49.2 Å². The van der Waals surface area contributed by atoms with Gasteiger partial charge in [-0.1, -0.05) is 70.2 Å². The Bertz CT molecular complexity index is 2580. The molecule has 0 radical (unpaired) electrons. The number of nitrogens with zero attached hydrogens (tertiary/aromatic N) is 4. The summed E-state index contributed by atoms with van der Waals surface area (Å²) in [7, 11) is 2.62. The van der Waals surface area contributed by atoms with Crippen LogP contribution in [0.1, 0.15) is 120 Å². The van der Waals surface area contributed by atoms with Crippen molar-refractivity contribution in [2.45, 2.75) is 116 Å². The summed E-state index contributed by atoms with van der Waals surface area (Å²) in [5, 5.41) is 5.50. The van der Waals surface area contributed by atoms with Crippen molar-refractivity contribution < 1.29 is 28.7 Å². The van der Waals surface area contributed by atoms with Crippen LogP contribution in [-0.4, -0.2) is 93.1 Å². The number of amides is 4. The molecular weight excluding hydrogens is 821 g/mol. The van der Waals surface area contributed by atoms with Gasteiger partial charge in [-0.25, -0.2) is 19.6 Å². The molecule has 9 rings (SSSR count). The van der Waals surface area contributed by atoms with Crippen LogP contribution in [0.4, 0.5) is 9.59 Å². The molecule has 2 aliphatic carbocycles. The highest BCUT2D eigenvalue weighted by molar-refractivity contribution is 5.88. The molecule has 14 heteroatoms. The van der Waals surface area contributed by atoms with Crippen LogP contribution in [0.3, 0.4) is 0 Å². The van der Waals surface area contributed by atoms with E-state index < -0.39 is 24.3 Å². The fourth-order valence-corrected chi connectivity index (χ4v) is 10.8. The molecule has 3 unspecified atom stereocenters. The number of benzene rings is 3. The van der Waals surface area contributed by atoms with Gasteiger partial charge in [0.1, 0.15) is 23.7 Å². The number of alkyl carbamates (subject to hydrolysis) is 2. The Balaban J connectivity index is 0.956. The molecule has 2 aromatic heterocycles. The molecule has 14 nitrogen and oxygen atoms in total. The van der Waals surface area contributed by atoms with E-state index in [0.29, 0.717) is 24.9 Å². The Morgan fingerprint density at radius 1 is 0.677 bits per heavy atom. The van der Waals surface area contributed by atoms with Gasteiger partial charge in [-0.15, -0.1) is 0 Å². The summed E-state index contributed by atoms with van der Waals surface area (Å²) in [6.07, 6.45) is 9.51. The quantitative estimate of drug-likeness (QED) is 0.102. The molecular formula is C51H62N8O6. The third-order valence-electron chi connectivity index (χ3n) is 14.5. The summed E-state index contributed by atoms with van der Waals surface area (Å²) in [4.78, 5) is 72.8. The lowest BCUT2D eigenvalue weighted by molar-refractivity contribution is -0.139. The second-order valence-corrected chi connectivity index (χ2v) is 19.1. The van der Waals surface area contributed by atoms with E-state index in [2.05, 4.69) is 75.2 Å². The Kier molecular flexibility index (Phi) is 12.4. The van der Waals surface area contributed by atoms with E-state index >= 15 is 0 Å². The molecule has 1 saturated carbocycles. The van der Waals surface area contributed by atoms with E-state index in [9.17, 15) is 19.2 Å². The van der Waals surface area contributed by atoms with Crippen molar-refractivity contribution in [1.29, 1.82) is 0 Å². The molecule has 0 bridgehead atoms. The zero-order chi connectivity index (χ0) is 45.5. The Morgan fingerprint density at radius 2 is 1.26 bits per heavy atom. The molecule has 5 aromatic rings. The van der Waals surface area contributed by atoms with E-state index in [4.69, 9.17) is 19.4 Å². The second kappa shape index (κ2) is 18.4. The number of hydrogen-bond acceptors (Lipinski definition) is 8. The fourth-order valence-electron chi connectivity index (χ4n) is 10.8. The van der Waals surface area contributed by atoms with Crippen LogP contribution in [0.5, 0.6) is 0 Å². The summed E-state index contributed by atoms with van der Waals surface area (Å²) in [6.45, 7) is 8.91. The lowest BCUT2D eigenvalue weighted by Gasteiger charge is -2.37. The van der Waals surface area contributed by atoms with Crippen molar-refractivity contribution in [3.05, 3.63) is 83.6 Å². The van der Waals surface area contributed by atoms with Gasteiger partial charge in [-0.05, 0) is 133 Å². The first-order valence-corrected chi connectivity index (χ1v) is 23.6. The van der Waals surface area contributed by atoms with Crippen LogP contribution in [0.2, 0.25) is 0 Å². The third-order valence-corrected chi connectivity index (χ3v) is 14.5.